The SMILES string of the molecule is CCCC[P+]1(CC)CCCC1. The third kappa shape index (κ3) is 2.44. The summed E-state index contributed by atoms with van der Waals surface area (Å²) in [5.41, 5.74) is 0. The van der Waals surface area contributed by atoms with Gasteiger partial charge in [0, 0.05) is 7.26 Å². The van der Waals surface area contributed by atoms with Crippen LogP contribution < -0.4 is 0 Å². The number of rotatable bonds is 4. The number of hydrogen-bond acceptors (Lipinski definition) is 0. The van der Waals surface area contributed by atoms with Gasteiger partial charge in [0.1, 0.15) is 0 Å². The van der Waals surface area contributed by atoms with Crippen molar-refractivity contribution in [3.8, 4) is 0 Å². The molecule has 1 aliphatic heterocycles. The minimum Gasteiger partial charge on any atom is -0.0652 e. The van der Waals surface area contributed by atoms with Crippen molar-refractivity contribution in [1.29, 1.82) is 0 Å². The molecule has 1 aliphatic rings. The maximum atomic E-state index is 2.43. The average molecular weight is 173 g/mol. The lowest BCUT2D eigenvalue weighted by atomic mass is 10.4. The van der Waals surface area contributed by atoms with E-state index in [0.717, 1.165) is 0 Å². The first-order valence-electron chi connectivity index (χ1n) is 5.18. The van der Waals surface area contributed by atoms with Crippen molar-refractivity contribution in [2.75, 3.05) is 24.6 Å². The van der Waals surface area contributed by atoms with Gasteiger partial charge >= 0.3 is 0 Å². The Labute approximate surface area is 72.1 Å². The third-order valence-electron chi connectivity index (χ3n) is 3.17. The van der Waals surface area contributed by atoms with Gasteiger partial charge in [-0.1, -0.05) is 13.3 Å². The van der Waals surface area contributed by atoms with Gasteiger partial charge in [0.25, 0.3) is 0 Å². The van der Waals surface area contributed by atoms with Crippen LogP contribution in [-0.2, 0) is 0 Å². The summed E-state index contributed by atoms with van der Waals surface area (Å²) < 4.78 is 0. The molecule has 11 heavy (non-hydrogen) atoms. The van der Waals surface area contributed by atoms with Crippen LogP contribution >= 0.6 is 7.26 Å². The van der Waals surface area contributed by atoms with Crippen molar-refractivity contribution in [3.63, 3.8) is 0 Å². The van der Waals surface area contributed by atoms with Crippen molar-refractivity contribution < 1.29 is 0 Å². The summed E-state index contributed by atoms with van der Waals surface area (Å²) in [6, 6.07) is 0. The molecular weight excluding hydrogens is 151 g/mol. The lowest BCUT2D eigenvalue weighted by Gasteiger charge is -2.19. The fourth-order valence-corrected chi connectivity index (χ4v) is 6.59. The molecule has 0 aromatic carbocycles. The van der Waals surface area contributed by atoms with Crippen LogP contribution in [0.15, 0.2) is 0 Å². The topological polar surface area (TPSA) is 0 Å². The van der Waals surface area contributed by atoms with Crippen molar-refractivity contribution >= 4 is 7.26 Å². The van der Waals surface area contributed by atoms with E-state index in [1.54, 1.807) is 31.3 Å². The number of unbranched alkanes of at least 4 members (excludes halogenated alkanes) is 1. The molecule has 0 aromatic rings. The molecule has 1 rings (SSSR count). The van der Waals surface area contributed by atoms with E-state index < -0.39 is 0 Å². The van der Waals surface area contributed by atoms with Crippen molar-refractivity contribution in [2.24, 2.45) is 0 Å². The van der Waals surface area contributed by atoms with Gasteiger partial charge in [0.05, 0.1) is 24.6 Å². The highest BCUT2D eigenvalue weighted by Gasteiger charge is 2.37. The lowest BCUT2D eigenvalue weighted by Crippen LogP contribution is -2.03. The Balaban J connectivity index is 2.33. The van der Waals surface area contributed by atoms with Gasteiger partial charge in [-0.3, -0.25) is 0 Å². The zero-order valence-electron chi connectivity index (χ0n) is 8.10. The van der Waals surface area contributed by atoms with E-state index in [0.29, 0.717) is 0 Å². The summed E-state index contributed by atoms with van der Waals surface area (Å²) in [7, 11) is -0.344. The molecular formula is C10H22P+. The molecule has 1 saturated heterocycles. The Morgan fingerprint density at radius 3 is 2.18 bits per heavy atom. The summed E-state index contributed by atoms with van der Waals surface area (Å²) in [5, 5.41) is 0. The van der Waals surface area contributed by atoms with Crippen LogP contribution in [0.25, 0.3) is 0 Å². The van der Waals surface area contributed by atoms with E-state index in [-0.39, 0.29) is 7.26 Å². The summed E-state index contributed by atoms with van der Waals surface area (Å²) in [4.78, 5) is 0. The predicted octanol–water partition coefficient (Wildman–Crippen LogP) is 3.62. The van der Waals surface area contributed by atoms with Gasteiger partial charge in [0.15, 0.2) is 0 Å². The quantitative estimate of drug-likeness (QED) is 0.570. The Kier molecular flexibility index (Phi) is 3.85. The maximum Gasteiger partial charge on any atom is 0.0595 e. The molecule has 0 aliphatic carbocycles. The highest BCUT2D eigenvalue weighted by atomic mass is 31.2. The minimum absolute atomic E-state index is 0.344. The van der Waals surface area contributed by atoms with E-state index >= 15 is 0 Å². The maximum absolute atomic E-state index is 2.43. The van der Waals surface area contributed by atoms with E-state index in [2.05, 4.69) is 13.8 Å². The summed E-state index contributed by atoms with van der Waals surface area (Å²) >= 11 is 0. The van der Waals surface area contributed by atoms with E-state index in [1.165, 1.54) is 19.0 Å². The van der Waals surface area contributed by atoms with Crippen molar-refractivity contribution in [3.05, 3.63) is 0 Å². The second-order valence-electron chi connectivity index (χ2n) is 3.89. The fraction of sp³-hybridized carbons (Fsp3) is 1.00. The molecule has 0 aromatic heterocycles. The van der Waals surface area contributed by atoms with Crippen LogP contribution in [0.5, 0.6) is 0 Å². The molecule has 0 unspecified atom stereocenters. The first kappa shape index (κ1) is 9.52. The monoisotopic (exact) mass is 173 g/mol. The van der Waals surface area contributed by atoms with Crippen LogP contribution in [0.1, 0.15) is 39.5 Å². The van der Waals surface area contributed by atoms with Crippen LogP contribution in [0.4, 0.5) is 0 Å². The largest absolute Gasteiger partial charge is 0.0652 e. The molecule has 0 radical (unpaired) electrons. The minimum atomic E-state index is -0.344. The molecule has 0 nitrogen and oxygen atoms in total. The molecule has 1 fully saturated rings. The Bertz CT molecular complexity index is 103. The van der Waals surface area contributed by atoms with Gasteiger partial charge < -0.3 is 0 Å². The van der Waals surface area contributed by atoms with Gasteiger partial charge in [-0.05, 0) is 26.2 Å². The summed E-state index contributed by atoms with van der Waals surface area (Å²) in [6.45, 7) is 4.75. The highest BCUT2D eigenvalue weighted by molar-refractivity contribution is 7.76. The first-order chi connectivity index (χ1) is 5.33. The fourth-order valence-electron chi connectivity index (χ4n) is 2.20. The molecule has 1 heterocycles. The normalized spacial score (nSPS) is 22.4. The lowest BCUT2D eigenvalue weighted by molar-refractivity contribution is 0.885. The molecule has 0 spiro atoms. The molecule has 0 atom stereocenters. The Morgan fingerprint density at radius 1 is 1.09 bits per heavy atom. The van der Waals surface area contributed by atoms with E-state index in [4.69, 9.17) is 0 Å². The smallest absolute Gasteiger partial charge is 0.0595 e. The molecule has 0 bridgehead atoms. The second-order valence-corrected chi connectivity index (χ2v) is 8.55. The third-order valence-corrected chi connectivity index (χ3v) is 8.31. The van der Waals surface area contributed by atoms with Crippen molar-refractivity contribution in [2.45, 2.75) is 39.5 Å². The van der Waals surface area contributed by atoms with Gasteiger partial charge in [-0.2, -0.15) is 0 Å². The molecule has 0 saturated carbocycles. The zero-order chi connectivity index (χ0) is 8.16. The number of hydrogen-bond donors (Lipinski definition) is 0. The summed E-state index contributed by atoms with van der Waals surface area (Å²) in [5.74, 6) is 0. The van der Waals surface area contributed by atoms with E-state index in [1.807, 2.05) is 0 Å². The first-order valence-corrected chi connectivity index (χ1v) is 7.71. The molecule has 1 heteroatoms. The zero-order valence-corrected chi connectivity index (χ0v) is 9.00. The van der Waals surface area contributed by atoms with Crippen LogP contribution in [-0.4, -0.2) is 24.6 Å². The Hall–Kier alpha value is 0.430. The van der Waals surface area contributed by atoms with E-state index in [9.17, 15) is 0 Å². The molecule has 66 valence electrons. The van der Waals surface area contributed by atoms with Crippen LogP contribution in [0, 0.1) is 0 Å². The highest BCUT2D eigenvalue weighted by Crippen LogP contribution is 2.63. The van der Waals surface area contributed by atoms with Gasteiger partial charge in [0.2, 0.25) is 0 Å². The molecule has 0 N–H and O–H groups in total. The summed E-state index contributed by atoms with van der Waals surface area (Å²) in [6.07, 6.45) is 12.4. The Morgan fingerprint density at radius 2 is 1.73 bits per heavy atom. The standard InChI is InChI=1S/C10H22P/c1-3-5-8-11(4-2)9-6-7-10-11/h3-10H2,1-2H3/q+1. The van der Waals surface area contributed by atoms with Crippen LogP contribution in [0.2, 0.25) is 0 Å². The van der Waals surface area contributed by atoms with Gasteiger partial charge in [-0.15, -0.1) is 0 Å². The average Bonchev–Trinajstić information content (AvgIpc) is 2.50. The second kappa shape index (κ2) is 4.45. The van der Waals surface area contributed by atoms with Crippen LogP contribution in [0.3, 0.4) is 0 Å². The molecule has 0 amide bonds. The predicted molar refractivity (Wildman–Crippen MR) is 56.2 cm³/mol. The van der Waals surface area contributed by atoms with Crippen molar-refractivity contribution in [1.82, 2.24) is 0 Å². The van der Waals surface area contributed by atoms with Gasteiger partial charge in [-0.25, -0.2) is 0 Å².